The van der Waals surface area contributed by atoms with Crippen LogP contribution >= 0.6 is 11.6 Å². The third-order valence-electron chi connectivity index (χ3n) is 2.55. The van der Waals surface area contributed by atoms with Crippen LogP contribution in [0.25, 0.3) is 0 Å². The normalized spacial score (nSPS) is 22.0. The van der Waals surface area contributed by atoms with Gasteiger partial charge in [0.1, 0.15) is 6.54 Å². The summed E-state index contributed by atoms with van der Waals surface area (Å²) >= 11 is 6.09. The van der Waals surface area contributed by atoms with Gasteiger partial charge in [0.05, 0.1) is 6.54 Å². The molecule has 0 aromatic heterocycles. The second-order valence-electron chi connectivity index (χ2n) is 3.44. The van der Waals surface area contributed by atoms with E-state index in [1.165, 1.54) is 17.7 Å². The fourth-order valence-corrected chi connectivity index (χ4v) is 2.12. The van der Waals surface area contributed by atoms with E-state index in [1.54, 1.807) is 0 Å². The maximum atomic E-state index is 6.09. The Morgan fingerprint density at radius 1 is 1.50 bits per heavy atom. The lowest BCUT2D eigenvalue weighted by atomic mass is 9.92. The summed E-state index contributed by atoms with van der Waals surface area (Å²) in [7, 11) is 0. The van der Waals surface area contributed by atoms with Gasteiger partial charge in [-0.25, -0.2) is 0 Å². The van der Waals surface area contributed by atoms with Crippen LogP contribution in [0, 0.1) is 0 Å². The molecule has 2 heteroatoms. The molecule has 1 aliphatic rings. The predicted molar refractivity (Wildman–Crippen MR) is 50.4 cm³/mol. The number of halogens is 1. The number of fused-ring (bicyclic) bond motifs is 1. The van der Waals surface area contributed by atoms with Crippen LogP contribution in [0.5, 0.6) is 0 Å². The van der Waals surface area contributed by atoms with Gasteiger partial charge in [0, 0.05) is 16.5 Å². The number of hydrogen-bond donors (Lipinski definition) is 1. The molecule has 12 heavy (non-hydrogen) atoms. The van der Waals surface area contributed by atoms with E-state index in [-0.39, 0.29) is 0 Å². The molecule has 1 aromatic rings. The van der Waals surface area contributed by atoms with Gasteiger partial charge >= 0.3 is 0 Å². The van der Waals surface area contributed by atoms with Crippen LogP contribution in [-0.4, -0.2) is 6.54 Å². The molecule has 2 N–H and O–H groups in total. The molecule has 1 aromatic carbocycles. The van der Waals surface area contributed by atoms with Crippen molar-refractivity contribution in [3.8, 4) is 0 Å². The van der Waals surface area contributed by atoms with E-state index in [1.807, 2.05) is 12.1 Å². The van der Waals surface area contributed by atoms with E-state index in [0.717, 1.165) is 11.6 Å². The lowest BCUT2D eigenvalue weighted by Crippen LogP contribution is -2.85. The Kier molecular flexibility index (Phi) is 2.07. The second kappa shape index (κ2) is 3.08. The van der Waals surface area contributed by atoms with E-state index in [4.69, 9.17) is 11.6 Å². The monoisotopic (exact) mass is 182 g/mol. The summed E-state index contributed by atoms with van der Waals surface area (Å²) in [6, 6.07) is 6.22. The van der Waals surface area contributed by atoms with Gasteiger partial charge in [-0.15, -0.1) is 0 Å². The first-order valence-corrected chi connectivity index (χ1v) is 4.76. The SMILES string of the molecule is CC1C[NH2+]Cc2c(Cl)cccc21. The van der Waals surface area contributed by atoms with Gasteiger partial charge < -0.3 is 5.32 Å². The highest BCUT2D eigenvalue weighted by molar-refractivity contribution is 6.31. The van der Waals surface area contributed by atoms with E-state index in [0.29, 0.717) is 5.92 Å². The summed E-state index contributed by atoms with van der Waals surface area (Å²) in [6.07, 6.45) is 0. The minimum absolute atomic E-state index is 0.646. The van der Waals surface area contributed by atoms with E-state index in [9.17, 15) is 0 Å². The Bertz CT molecular complexity index is 296. The van der Waals surface area contributed by atoms with Gasteiger partial charge in [0.25, 0.3) is 0 Å². The van der Waals surface area contributed by atoms with Gasteiger partial charge in [-0.05, 0) is 11.6 Å². The zero-order chi connectivity index (χ0) is 8.55. The van der Waals surface area contributed by atoms with E-state index >= 15 is 0 Å². The van der Waals surface area contributed by atoms with Crippen LogP contribution in [0.15, 0.2) is 18.2 Å². The maximum absolute atomic E-state index is 6.09. The molecule has 0 radical (unpaired) electrons. The molecule has 1 unspecified atom stereocenters. The summed E-state index contributed by atoms with van der Waals surface area (Å²) in [5.74, 6) is 0.646. The Labute approximate surface area is 77.7 Å². The third kappa shape index (κ3) is 1.23. The molecule has 64 valence electrons. The summed E-state index contributed by atoms with van der Waals surface area (Å²) in [4.78, 5) is 0. The summed E-state index contributed by atoms with van der Waals surface area (Å²) in [5.41, 5.74) is 2.77. The highest BCUT2D eigenvalue weighted by Gasteiger charge is 2.19. The van der Waals surface area contributed by atoms with Gasteiger partial charge in [-0.2, -0.15) is 0 Å². The summed E-state index contributed by atoms with van der Waals surface area (Å²) < 4.78 is 0. The molecule has 0 amide bonds. The first-order valence-electron chi connectivity index (χ1n) is 4.38. The topological polar surface area (TPSA) is 16.6 Å². The number of rotatable bonds is 0. The van der Waals surface area contributed by atoms with Gasteiger partial charge in [0.15, 0.2) is 0 Å². The Morgan fingerprint density at radius 3 is 3.08 bits per heavy atom. The molecule has 1 aliphatic heterocycles. The van der Waals surface area contributed by atoms with Crippen molar-refractivity contribution in [2.75, 3.05) is 6.54 Å². The van der Waals surface area contributed by atoms with Crippen LogP contribution in [-0.2, 0) is 6.54 Å². The number of benzene rings is 1. The lowest BCUT2D eigenvalue weighted by Gasteiger charge is -2.21. The average Bonchev–Trinajstić information content (AvgIpc) is 2.07. The Balaban J connectivity index is 2.52. The third-order valence-corrected chi connectivity index (χ3v) is 2.91. The lowest BCUT2D eigenvalue weighted by molar-refractivity contribution is -0.676. The zero-order valence-electron chi connectivity index (χ0n) is 7.18. The first-order chi connectivity index (χ1) is 5.79. The quantitative estimate of drug-likeness (QED) is 0.627. The highest BCUT2D eigenvalue weighted by atomic mass is 35.5. The second-order valence-corrected chi connectivity index (χ2v) is 3.84. The molecule has 0 fully saturated rings. The molecular formula is C10H13ClN+. The summed E-state index contributed by atoms with van der Waals surface area (Å²) in [6.45, 7) is 4.48. The fourth-order valence-electron chi connectivity index (χ4n) is 1.86. The van der Waals surface area contributed by atoms with Crippen LogP contribution in [0.1, 0.15) is 24.0 Å². The smallest absolute Gasteiger partial charge is 0.103 e. The van der Waals surface area contributed by atoms with E-state index in [2.05, 4.69) is 18.3 Å². The molecule has 0 aliphatic carbocycles. The van der Waals surface area contributed by atoms with Crippen molar-refractivity contribution < 1.29 is 5.32 Å². The molecule has 0 saturated carbocycles. The van der Waals surface area contributed by atoms with Crippen LogP contribution in [0.3, 0.4) is 0 Å². The average molecular weight is 183 g/mol. The molecule has 0 saturated heterocycles. The van der Waals surface area contributed by atoms with Gasteiger partial charge in [0.2, 0.25) is 0 Å². The van der Waals surface area contributed by atoms with Crippen molar-refractivity contribution >= 4 is 11.6 Å². The van der Waals surface area contributed by atoms with Gasteiger partial charge in [-0.1, -0.05) is 30.7 Å². The molecule has 2 rings (SSSR count). The fraction of sp³-hybridized carbons (Fsp3) is 0.400. The molecule has 0 spiro atoms. The molecule has 0 bridgehead atoms. The molecular weight excluding hydrogens is 170 g/mol. The standard InChI is InChI=1S/C10H12ClN/c1-7-5-12-6-9-8(7)3-2-4-10(9)11/h2-4,7,12H,5-6H2,1H3/p+1. The molecule has 1 atom stereocenters. The largest absolute Gasteiger partial charge is 0.342 e. The first kappa shape index (κ1) is 8.09. The number of quaternary nitrogens is 1. The van der Waals surface area contributed by atoms with Crippen molar-refractivity contribution in [3.63, 3.8) is 0 Å². The Morgan fingerprint density at radius 2 is 2.33 bits per heavy atom. The summed E-state index contributed by atoms with van der Waals surface area (Å²) in [5, 5.41) is 3.24. The van der Waals surface area contributed by atoms with Crippen molar-refractivity contribution in [1.29, 1.82) is 0 Å². The van der Waals surface area contributed by atoms with Crippen molar-refractivity contribution in [3.05, 3.63) is 34.3 Å². The van der Waals surface area contributed by atoms with Crippen LogP contribution in [0.2, 0.25) is 5.02 Å². The van der Waals surface area contributed by atoms with Crippen molar-refractivity contribution in [2.45, 2.75) is 19.4 Å². The highest BCUT2D eigenvalue weighted by Crippen LogP contribution is 2.26. The van der Waals surface area contributed by atoms with Gasteiger partial charge in [-0.3, -0.25) is 0 Å². The Hall–Kier alpha value is -0.530. The minimum atomic E-state index is 0.646. The molecule has 1 nitrogen and oxygen atoms in total. The number of nitrogens with two attached hydrogens (primary N) is 1. The van der Waals surface area contributed by atoms with Crippen molar-refractivity contribution in [1.82, 2.24) is 0 Å². The zero-order valence-corrected chi connectivity index (χ0v) is 7.93. The molecule has 1 heterocycles. The minimum Gasteiger partial charge on any atom is -0.342 e. The van der Waals surface area contributed by atoms with Crippen molar-refractivity contribution in [2.24, 2.45) is 0 Å². The number of hydrogen-bond acceptors (Lipinski definition) is 0. The van der Waals surface area contributed by atoms with E-state index < -0.39 is 0 Å². The predicted octanol–water partition coefficient (Wildman–Crippen LogP) is 1.52. The maximum Gasteiger partial charge on any atom is 0.103 e. The van der Waals surface area contributed by atoms with Crippen LogP contribution in [0.4, 0.5) is 0 Å². The van der Waals surface area contributed by atoms with Crippen LogP contribution < -0.4 is 5.32 Å².